The topological polar surface area (TPSA) is 58.2 Å². The van der Waals surface area contributed by atoms with E-state index < -0.39 is 0 Å². The van der Waals surface area contributed by atoms with Gasteiger partial charge < -0.3 is 10.6 Å². The molecule has 2 aromatic rings. The highest BCUT2D eigenvalue weighted by atomic mass is 32.2. The van der Waals surface area contributed by atoms with Crippen LogP contribution in [0.2, 0.25) is 0 Å². The second-order valence-electron chi connectivity index (χ2n) is 8.14. The lowest BCUT2D eigenvalue weighted by atomic mass is 9.78. The van der Waals surface area contributed by atoms with E-state index in [0.717, 1.165) is 17.7 Å². The van der Waals surface area contributed by atoms with E-state index in [-0.39, 0.29) is 23.7 Å². The zero-order valence-corrected chi connectivity index (χ0v) is 17.9. The van der Waals surface area contributed by atoms with Crippen molar-refractivity contribution in [2.75, 3.05) is 5.32 Å². The van der Waals surface area contributed by atoms with Gasteiger partial charge in [0.1, 0.15) is 5.82 Å². The first-order valence-electron chi connectivity index (χ1n) is 10.3. The molecule has 0 aromatic heterocycles. The van der Waals surface area contributed by atoms with E-state index in [4.69, 9.17) is 0 Å². The monoisotopic (exact) mass is 424 g/mol. The van der Waals surface area contributed by atoms with Gasteiger partial charge in [0.15, 0.2) is 0 Å². The van der Waals surface area contributed by atoms with Gasteiger partial charge in [0.2, 0.25) is 0 Å². The highest BCUT2D eigenvalue weighted by molar-refractivity contribution is 8.04. The molecule has 6 heteroatoms. The zero-order chi connectivity index (χ0) is 21.3. The van der Waals surface area contributed by atoms with Crippen LogP contribution in [0.1, 0.15) is 49.0 Å². The SMILES string of the molecule is C[C@@H]1[C@H](C)CCC[C@H]1NC(=O)c1ccc2c(c1)NC(=O)/C(=C\c1ccccc1F)S2. The standard InChI is InChI=1S/C24H25FN2O2S/c1-14-6-5-9-19(15(14)2)26-23(28)17-10-11-21-20(12-17)27-24(29)22(30-21)13-16-7-3-4-8-18(16)25/h3-4,7-8,10-15,19H,5-6,9H2,1-2H3,(H,26,28)(H,27,29)/b22-13+/t14-,15-,19-/m1/s1. The Kier molecular flexibility index (Phi) is 5.95. The van der Waals surface area contributed by atoms with Gasteiger partial charge in [0.05, 0.1) is 10.6 Å². The smallest absolute Gasteiger partial charge is 0.262 e. The molecule has 0 saturated heterocycles. The van der Waals surface area contributed by atoms with Gasteiger partial charge in [-0.2, -0.15) is 0 Å². The van der Waals surface area contributed by atoms with E-state index in [2.05, 4.69) is 24.5 Å². The Morgan fingerprint density at radius 3 is 2.80 bits per heavy atom. The first-order chi connectivity index (χ1) is 14.4. The lowest BCUT2D eigenvalue weighted by Gasteiger charge is -2.34. The molecule has 4 rings (SSSR count). The van der Waals surface area contributed by atoms with Crippen LogP contribution in [0, 0.1) is 17.7 Å². The molecule has 0 unspecified atom stereocenters. The van der Waals surface area contributed by atoms with Crippen LogP contribution in [0.5, 0.6) is 0 Å². The van der Waals surface area contributed by atoms with Crippen molar-refractivity contribution in [2.45, 2.75) is 44.0 Å². The Morgan fingerprint density at radius 2 is 2.00 bits per heavy atom. The average Bonchev–Trinajstić information content (AvgIpc) is 2.73. The molecule has 1 saturated carbocycles. The Bertz CT molecular complexity index is 1020. The van der Waals surface area contributed by atoms with Gasteiger partial charge in [0.25, 0.3) is 11.8 Å². The number of carbonyl (C=O) groups excluding carboxylic acids is 2. The first-order valence-corrected chi connectivity index (χ1v) is 11.1. The lowest BCUT2D eigenvalue weighted by Crippen LogP contribution is -2.43. The lowest BCUT2D eigenvalue weighted by molar-refractivity contribution is -0.112. The summed E-state index contributed by atoms with van der Waals surface area (Å²) < 4.78 is 13.9. The maximum absolute atomic E-state index is 13.9. The van der Waals surface area contributed by atoms with Crippen molar-refractivity contribution >= 4 is 35.3 Å². The maximum Gasteiger partial charge on any atom is 0.262 e. The van der Waals surface area contributed by atoms with E-state index in [1.165, 1.54) is 24.2 Å². The van der Waals surface area contributed by atoms with Crippen LogP contribution in [-0.4, -0.2) is 17.9 Å². The molecule has 1 heterocycles. The van der Waals surface area contributed by atoms with Gasteiger partial charge in [-0.1, -0.05) is 56.7 Å². The number of carbonyl (C=O) groups is 2. The molecule has 0 spiro atoms. The van der Waals surface area contributed by atoms with Crippen molar-refractivity contribution in [3.8, 4) is 0 Å². The molecule has 1 aliphatic heterocycles. The second-order valence-corrected chi connectivity index (χ2v) is 9.23. The molecule has 0 bridgehead atoms. The van der Waals surface area contributed by atoms with Gasteiger partial charge in [-0.25, -0.2) is 4.39 Å². The molecule has 30 heavy (non-hydrogen) atoms. The fourth-order valence-corrected chi connectivity index (χ4v) is 4.99. The van der Waals surface area contributed by atoms with Crippen molar-refractivity contribution in [3.05, 3.63) is 64.3 Å². The number of hydrogen-bond acceptors (Lipinski definition) is 3. The highest BCUT2D eigenvalue weighted by Crippen LogP contribution is 2.39. The predicted molar refractivity (Wildman–Crippen MR) is 119 cm³/mol. The summed E-state index contributed by atoms with van der Waals surface area (Å²) >= 11 is 1.28. The summed E-state index contributed by atoms with van der Waals surface area (Å²) in [5.41, 5.74) is 1.50. The van der Waals surface area contributed by atoms with Crippen molar-refractivity contribution in [2.24, 2.45) is 11.8 Å². The van der Waals surface area contributed by atoms with E-state index in [1.807, 2.05) is 6.07 Å². The number of halogens is 1. The molecule has 4 nitrogen and oxygen atoms in total. The predicted octanol–water partition coefficient (Wildman–Crippen LogP) is 5.47. The van der Waals surface area contributed by atoms with Gasteiger partial charge in [-0.3, -0.25) is 9.59 Å². The molecule has 1 fully saturated rings. The fourth-order valence-electron chi connectivity index (χ4n) is 4.07. The average molecular weight is 425 g/mol. The minimum absolute atomic E-state index is 0.115. The third-order valence-electron chi connectivity index (χ3n) is 6.15. The molecule has 2 N–H and O–H groups in total. The van der Waals surface area contributed by atoms with Gasteiger partial charge in [0, 0.05) is 22.1 Å². The summed E-state index contributed by atoms with van der Waals surface area (Å²) in [5.74, 6) is 0.255. The highest BCUT2D eigenvalue weighted by Gasteiger charge is 2.29. The van der Waals surface area contributed by atoms with Crippen molar-refractivity contribution in [1.29, 1.82) is 0 Å². The molecule has 2 amide bonds. The summed E-state index contributed by atoms with van der Waals surface area (Å²) in [5, 5.41) is 6.00. The number of amides is 2. The Balaban J connectivity index is 1.51. The number of nitrogens with one attached hydrogen (secondary N) is 2. The summed E-state index contributed by atoms with van der Waals surface area (Å²) in [7, 11) is 0. The molecule has 1 aliphatic carbocycles. The van der Waals surface area contributed by atoms with Crippen LogP contribution in [0.25, 0.3) is 6.08 Å². The van der Waals surface area contributed by atoms with Crippen molar-refractivity contribution < 1.29 is 14.0 Å². The van der Waals surface area contributed by atoms with Gasteiger partial charge in [-0.05, 0) is 48.6 Å². The maximum atomic E-state index is 13.9. The number of anilines is 1. The summed E-state index contributed by atoms with van der Waals surface area (Å²) in [4.78, 5) is 26.6. The summed E-state index contributed by atoms with van der Waals surface area (Å²) in [6, 6.07) is 11.8. The first kappa shape index (κ1) is 20.7. The van der Waals surface area contributed by atoms with Crippen LogP contribution in [0.15, 0.2) is 52.3 Å². The third kappa shape index (κ3) is 4.29. The van der Waals surface area contributed by atoms with E-state index >= 15 is 0 Å². The Morgan fingerprint density at radius 1 is 1.20 bits per heavy atom. The number of benzene rings is 2. The van der Waals surface area contributed by atoms with E-state index in [9.17, 15) is 14.0 Å². The fraction of sp³-hybridized carbons (Fsp3) is 0.333. The number of hydrogen-bond donors (Lipinski definition) is 2. The van der Waals surface area contributed by atoms with Crippen LogP contribution >= 0.6 is 11.8 Å². The minimum atomic E-state index is -0.373. The molecular formula is C24H25FN2O2S. The second kappa shape index (κ2) is 8.64. The van der Waals surface area contributed by atoms with Crippen LogP contribution in [0.4, 0.5) is 10.1 Å². The molecule has 3 atom stereocenters. The summed E-state index contributed by atoms with van der Waals surface area (Å²) in [6.07, 6.45) is 4.88. The number of rotatable bonds is 3. The Hall–Kier alpha value is -2.60. The number of fused-ring (bicyclic) bond motifs is 1. The Labute approximate surface area is 180 Å². The van der Waals surface area contributed by atoms with Crippen LogP contribution < -0.4 is 10.6 Å². The van der Waals surface area contributed by atoms with Crippen molar-refractivity contribution in [3.63, 3.8) is 0 Å². The molecule has 2 aromatic carbocycles. The van der Waals surface area contributed by atoms with Crippen molar-refractivity contribution in [1.82, 2.24) is 5.32 Å². The van der Waals surface area contributed by atoms with E-state index in [0.29, 0.717) is 33.6 Å². The van der Waals surface area contributed by atoms with Gasteiger partial charge >= 0.3 is 0 Å². The summed E-state index contributed by atoms with van der Waals surface area (Å²) in [6.45, 7) is 4.43. The normalized spacial score (nSPS) is 24.8. The molecule has 2 aliphatic rings. The number of thioether (sulfide) groups is 1. The third-order valence-corrected chi connectivity index (χ3v) is 7.25. The quantitative estimate of drug-likeness (QED) is 0.643. The molecule has 0 radical (unpaired) electrons. The van der Waals surface area contributed by atoms with Crippen LogP contribution in [0.3, 0.4) is 0 Å². The molecular weight excluding hydrogens is 399 g/mol. The van der Waals surface area contributed by atoms with Gasteiger partial charge in [-0.15, -0.1) is 0 Å². The minimum Gasteiger partial charge on any atom is -0.349 e. The van der Waals surface area contributed by atoms with E-state index in [1.54, 1.807) is 36.4 Å². The molecule has 156 valence electrons. The largest absolute Gasteiger partial charge is 0.349 e. The van der Waals surface area contributed by atoms with Crippen LogP contribution in [-0.2, 0) is 4.79 Å². The zero-order valence-electron chi connectivity index (χ0n) is 17.1.